The van der Waals surface area contributed by atoms with E-state index in [0.29, 0.717) is 10.9 Å². The number of anilines is 1. The summed E-state index contributed by atoms with van der Waals surface area (Å²) < 4.78 is 2.21. The number of aryl methyl sites for hydroxylation is 1. The molecule has 0 N–H and O–H groups in total. The van der Waals surface area contributed by atoms with Crippen molar-refractivity contribution in [3.05, 3.63) is 12.4 Å². The zero-order valence-electron chi connectivity index (χ0n) is 9.36. The summed E-state index contributed by atoms with van der Waals surface area (Å²) in [5.41, 5.74) is 0. The summed E-state index contributed by atoms with van der Waals surface area (Å²) in [6.45, 7) is 6.50. The molecule has 1 aliphatic rings. The second-order valence-corrected chi connectivity index (χ2v) is 5.48. The fourth-order valence-electron chi connectivity index (χ4n) is 2.15. The van der Waals surface area contributed by atoms with E-state index in [9.17, 15) is 0 Å². The summed E-state index contributed by atoms with van der Waals surface area (Å²) in [6.07, 6.45) is 6.46. The lowest BCUT2D eigenvalue weighted by Crippen LogP contribution is -2.43. The molecule has 15 heavy (non-hydrogen) atoms. The van der Waals surface area contributed by atoms with Crippen LogP contribution in [-0.2, 0) is 6.54 Å². The van der Waals surface area contributed by atoms with Crippen LogP contribution in [0.25, 0.3) is 0 Å². The molecule has 2 atom stereocenters. The molecule has 2 rings (SSSR count). The van der Waals surface area contributed by atoms with Crippen molar-refractivity contribution in [2.45, 2.75) is 44.1 Å². The molecule has 0 amide bonds. The van der Waals surface area contributed by atoms with Gasteiger partial charge in [-0.05, 0) is 26.7 Å². The van der Waals surface area contributed by atoms with E-state index in [1.807, 2.05) is 6.20 Å². The van der Waals surface area contributed by atoms with Gasteiger partial charge >= 0.3 is 0 Å². The molecule has 2 heterocycles. The fourth-order valence-corrected chi connectivity index (χ4v) is 2.72. The first-order valence-corrected chi connectivity index (χ1v) is 6.55. The minimum Gasteiger partial charge on any atom is -0.338 e. The Morgan fingerprint density at radius 3 is 3.07 bits per heavy atom. The zero-order valence-corrected chi connectivity index (χ0v) is 10.9. The van der Waals surface area contributed by atoms with E-state index in [0.717, 1.165) is 19.0 Å². The third kappa shape index (κ3) is 2.19. The average Bonchev–Trinajstić information content (AvgIpc) is 2.69. The predicted molar refractivity (Wildman–Crippen MR) is 66.7 cm³/mol. The highest BCUT2D eigenvalue weighted by Gasteiger charge is 2.26. The van der Waals surface area contributed by atoms with Gasteiger partial charge in [0, 0.05) is 36.4 Å². The second-order valence-electron chi connectivity index (χ2n) is 4.19. The Morgan fingerprint density at radius 2 is 2.33 bits per heavy atom. The number of hydrogen-bond acceptors (Lipinski definition) is 2. The molecule has 0 spiro atoms. The van der Waals surface area contributed by atoms with Crippen LogP contribution in [0.4, 0.5) is 5.95 Å². The Labute approximate surface area is 99.6 Å². The molecule has 0 aromatic carbocycles. The second kappa shape index (κ2) is 4.56. The summed E-state index contributed by atoms with van der Waals surface area (Å²) in [4.78, 5) is 7.48. The lowest BCUT2D eigenvalue weighted by atomic mass is 10.0. The van der Waals surface area contributed by atoms with Crippen LogP contribution < -0.4 is 4.90 Å². The van der Waals surface area contributed by atoms with Gasteiger partial charge < -0.3 is 9.47 Å². The normalized spacial score (nSPS) is 27.0. The number of aromatic nitrogens is 2. The number of halogens is 1. The zero-order chi connectivity index (χ0) is 10.8. The van der Waals surface area contributed by atoms with Crippen molar-refractivity contribution in [2.24, 2.45) is 0 Å². The third-order valence-corrected chi connectivity index (χ3v) is 3.86. The predicted octanol–water partition coefficient (Wildman–Crippen LogP) is 2.66. The van der Waals surface area contributed by atoms with Gasteiger partial charge in [0.05, 0.1) is 0 Å². The minimum atomic E-state index is 0.603. The number of hydrogen-bond donors (Lipinski definition) is 0. The highest BCUT2D eigenvalue weighted by molar-refractivity contribution is 9.09. The molecule has 3 nitrogen and oxygen atoms in total. The van der Waals surface area contributed by atoms with Crippen LogP contribution in [-0.4, -0.2) is 27.0 Å². The maximum Gasteiger partial charge on any atom is 0.205 e. The minimum absolute atomic E-state index is 0.603. The molecule has 4 heteroatoms. The summed E-state index contributed by atoms with van der Waals surface area (Å²) in [5.74, 6) is 1.12. The number of piperidine rings is 1. The Balaban J connectivity index is 2.20. The van der Waals surface area contributed by atoms with Crippen molar-refractivity contribution in [2.75, 3.05) is 11.4 Å². The van der Waals surface area contributed by atoms with E-state index >= 15 is 0 Å². The first-order valence-electron chi connectivity index (χ1n) is 5.64. The van der Waals surface area contributed by atoms with Crippen molar-refractivity contribution in [1.82, 2.24) is 9.55 Å². The first kappa shape index (κ1) is 11.0. The molecule has 0 saturated carbocycles. The lowest BCUT2D eigenvalue weighted by Gasteiger charge is -2.36. The molecule has 1 saturated heterocycles. The van der Waals surface area contributed by atoms with Gasteiger partial charge in [-0.15, -0.1) is 0 Å². The Kier molecular flexibility index (Phi) is 3.34. The van der Waals surface area contributed by atoms with Crippen molar-refractivity contribution in [1.29, 1.82) is 0 Å². The Bertz CT molecular complexity index is 323. The van der Waals surface area contributed by atoms with Gasteiger partial charge in [-0.2, -0.15) is 0 Å². The maximum atomic E-state index is 4.46. The molecule has 1 aromatic heterocycles. The van der Waals surface area contributed by atoms with Crippen LogP contribution >= 0.6 is 15.9 Å². The smallest absolute Gasteiger partial charge is 0.205 e. The Hall–Kier alpha value is -0.510. The van der Waals surface area contributed by atoms with Gasteiger partial charge in [0.15, 0.2) is 0 Å². The molecule has 1 fully saturated rings. The number of nitrogens with zero attached hydrogens (tertiary/aromatic N) is 3. The van der Waals surface area contributed by atoms with E-state index < -0.39 is 0 Å². The van der Waals surface area contributed by atoms with Crippen molar-refractivity contribution in [3.8, 4) is 0 Å². The molecule has 0 aliphatic carbocycles. The summed E-state index contributed by atoms with van der Waals surface area (Å²) in [7, 11) is 0. The topological polar surface area (TPSA) is 21.1 Å². The maximum absolute atomic E-state index is 4.46. The molecular formula is C11H18BrN3. The van der Waals surface area contributed by atoms with Gasteiger partial charge in [-0.1, -0.05) is 15.9 Å². The van der Waals surface area contributed by atoms with Crippen molar-refractivity contribution < 1.29 is 0 Å². The van der Waals surface area contributed by atoms with Crippen LogP contribution in [0.1, 0.15) is 26.7 Å². The fraction of sp³-hybridized carbons (Fsp3) is 0.727. The summed E-state index contributed by atoms with van der Waals surface area (Å²) in [5, 5.41) is 0. The molecule has 0 radical (unpaired) electrons. The van der Waals surface area contributed by atoms with E-state index in [1.165, 1.54) is 12.8 Å². The SMILES string of the molecule is CCn1ccnc1N1CC(Br)CCC1C. The van der Waals surface area contributed by atoms with Crippen molar-refractivity contribution in [3.63, 3.8) is 0 Å². The molecule has 84 valence electrons. The van der Waals surface area contributed by atoms with E-state index in [-0.39, 0.29) is 0 Å². The highest BCUT2D eigenvalue weighted by atomic mass is 79.9. The average molecular weight is 272 g/mol. The number of rotatable bonds is 2. The molecule has 0 bridgehead atoms. The van der Waals surface area contributed by atoms with Gasteiger partial charge in [0.25, 0.3) is 0 Å². The van der Waals surface area contributed by atoms with E-state index in [1.54, 1.807) is 0 Å². The Morgan fingerprint density at radius 1 is 1.53 bits per heavy atom. The quantitative estimate of drug-likeness (QED) is 0.772. The van der Waals surface area contributed by atoms with Gasteiger partial charge in [0.1, 0.15) is 0 Å². The molecule has 2 unspecified atom stereocenters. The molecule has 1 aromatic rings. The van der Waals surface area contributed by atoms with Crippen LogP contribution in [0.3, 0.4) is 0 Å². The van der Waals surface area contributed by atoms with E-state index in [4.69, 9.17) is 0 Å². The van der Waals surface area contributed by atoms with Gasteiger partial charge in [-0.3, -0.25) is 0 Å². The highest BCUT2D eigenvalue weighted by Crippen LogP contribution is 2.26. The summed E-state index contributed by atoms with van der Waals surface area (Å²) >= 11 is 3.71. The van der Waals surface area contributed by atoms with Crippen molar-refractivity contribution >= 4 is 21.9 Å². The lowest BCUT2D eigenvalue weighted by molar-refractivity contribution is 0.482. The van der Waals surface area contributed by atoms with Crippen LogP contribution in [0, 0.1) is 0 Å². The standard InChI is InChI=1S/C11H18BrN3/c1-3-14-7-6-13-11(14)15-8-10(12)5-4-9(15)2/h6-7,9-10H,3-5,8H2,1-2H3. The van der Waals surface area contributed by atoms with Crippen LogP contribution in [0.2, 0.25) is 0 Å². The number of imidazole rings is 1. The largest absolute Gasteiger partial charge is 0.338 e. The molecular weight excluding hydrogens is 254 g/mol. The van der Waals surface area contributed by atoms with Gasteiger partial charge in [0.2, 0.25) is 5.95 Å². The monoisotopic (exact) mass is 271 g/mol. The first-order chi connectivity index (χ1) is 7.22. The summed E-state index contributed by atoms with van der Waals surface area (Å²) in [6, 6.07) is 0.603. The molecule has 1 aliphatic heterocycles. The van der Waals surface area contributed by atoms with Crippen LogP contribution in [0.15, 0.2) is 12.4 Å². The van der Waals surface area contributed by atoms with Gasteiger partial charge in [-0.25, -0.2) is 4.98 Å². The van der Waals surface area contributed by atoms with E-state index in [2.05, 4.69) is 50.4 Å². The third-order valence-electron chi connectivity index (χ3n) is 3.12. The van der Waals surface area contributed by atoms with Crippen LogP contribution in [0.5, 0.6) is 0 Å². The number of alkyl halides is 1.